The van der Waals surface area contributed by atoms with Gasteiger partial charge < -0.3 is 14.4 Å². The molecule has 154 valence electrons. The molecule has 0 bridgehead atoms. The Kier molecular flexibility index (Phi) is 8.03. The lowest BCUT2D eigenvalue weighted by atomic mass is 10.1. The van der Waals surface area contributed by atoms with Gasteiger partial charge in [-0.05, 0) is 23.3 Å². The summed E-state index contributed by atoms with van der Waals surface area (Å²) in [4.78, 5) is 26.5. The minimum atomic E-state index is -0.496. The highest BCUT2D eigenvalue weighted by molar-refractivity contribution is 5.77. The van der Waals surface area contributed by atoms with Crippen molar-refractivity contribution in [2.24, 2.45) is 0 Å². The van der Waals surface area contributed by atoms with Crippen LogP contribution in [0, 0.1) is 0 Å². The molecular weight excluding hydrogens is 378 g/mol. The molecule has 1 amide bonds. The molecule has 0 aliphatic carbocycles. The number of esters is 1. The fourth-order valence-corrected chi connectivity index (χ4v) is 2.95. The smallest absolute Gasteiger partial charge is 0.344 e. The second kappa shape index (κ2) is 11.4. The van der Waals surface area contributed by atoms with Crippen LogP contribution in [-0.2, 0) is 27.4 Å². The van der Waals surface area contributed by atoms with Gasteiger partial charge in [0.25, 0.3) is 0 Å². The van der Waals surface area contributed by atoms with Gasteiger partial charge in [0, 0.05) is 13.1 Å². The topological polar surface area (TPSA) is 55.8 Å². The van der Waals surface area contributed by atoms with Crippen LogP contribution >= 0.6 is 0 Å². The zero-order chi connectivity index (χ0) is 21.0. The molecule has 3 aromatic rings. The number of para-hydroxylation sites is 1. The summed E-state index contributed by atoms with van der Waals surface area (Å²) < 4.78 is 10.5. The van der Waals surface area contributed by atoms with Crippen LogP contribution in [0.25, 0.3) is 0 Å². The molecule has 0 saturated heterocycles. The first-order chi connectivity index (χ1) is 14.7. The molecule has 0 saturated carbocycles. The summed E-state index contributed by atoms with van der Waals surface area (Å²) in [6.07, 6.45) is 0.122. The molecule has 0 atom stereocenters. The van der Waals surface area contributed by atoms with Crippen molar-refractivity contribution in [3.8, 4) is 5.75 Å². The Labute approximate surface area is 176 Å². The monoisotopic (exact) mass is 403 g/mol. The first kappa shape index (κ1) is 21.1. The number of carbonyl (C=O) groups is 2. The van der Waals surface area contributed by atoms with Crippen LogP contribution in [0.15, 0.2) is 91.0 Å². The third-order valence-corrected chi connectivity index (χ3v) is 4.46. The van der Waals surface area contributed by atoms with E-state index in [4.69, 9.17) is 9.47 Å². The van der Waals surface area contributed by atoms with Crippen LogP contribution in [0.1, 0.15) is 17.5 Å². The minimum absolute atomic E-state index is 0.0237. The first-order valence-corrected chi connectivity index (χ1v) is 9.90. The Morgan fingerprint density at radius 2 is 1.20 bits per heavy atom. The Balaban J connectivity index is 1.50. The predicted molar refractivity (Wildman–Crippen MR) is 115 cm³/mol. The summed E-state index contributed by atoms with van der Waals surface area (Å²) >= 11 is 0. The Bertz CT molecular complexity index is 872. The van der Waals surface area contributed by atoms with Gasteiger partial charge in [-0.15, -0.1) is 0 Å². The molecular formula is C25H25NO4. The first-order valence-electron chi connectivity index (χ1n) is 9.90. The van der Waals surface area contributed by atoms with Gasteiger partial charge in [0.15, 0.2) is 6.61 Å². The molecule has 0 fully saturated rings. The van der Waals surface area contributed by atoms with Crippen LogP contribution < -0.4 is 4.74 Å². The van der Waals surface area contributed by atoms with Gasteiger partial charge in [-0.1, -0.05) is 78.9 Å². The summed E-state index contributed by atoms with van der Waals surface area (Å²) in [5.41, 5.74) is 2.10. The SMILES string of the molecule is O=C(COc1ccccc1)OCCC(=O)N(Cc1ccccc1)Cc1ccccc1. The normalized spacial score (nSPS) is 10.3. The lowest BCUT2D eigenvalue weighted by molar-refractivity contribution is -0.147. The van der Waals surface area contributed by atoms with Crippen molar-refractivity contribution >= 4 is 11.9 Å². The standard InChI is InChI=1S/C25H25NO4/c27-24(16-17-29-25(28)20-30-23-14-8-3-9-15-23)26(18-21-10-4-1-5-11-21)19-22-12-6-2-7-13-22/h1-15H,16-20H2. The number of hydrogen-bond acceptors (Lipinski definition) is 4. The Hall–Kier alpha value is -3.60. The number of hydrogen-bond donors (Lipinski definition) is 0. The van der Waals surface area contributed by atoms with Crippen LogP contribution in [-0.4, -0.2) is 30.0 Å². The van der Waals surface area contributed by atoms with Crippen molar-refractivity contribution < 1.29 is 19.1 Å². The van der Waals surface area contributed by atoms with Gasteiger partial charge in [0.2, 0.25) is 5.91 Å². The van der Waals surface area contributed by atoms with E-state index in [9.17, 15) is 9.59 Å². The van der Waals surface area contributed by atoms with Crippen molar-refractivity contribution in [2.45, 2.75) is 19.5 Å². The molecule has 0 aromatic heterocycles. The van der Waals surface area contributed by atoms with Crippen molar-refractivity contribution in [1.29, 1.82) is 0 Å². The largest absolute Gasteiger partial charge is 0.482 e. The van der Waals surface area contributed by atoms with Crippen LogP contribution in [0.5, 0.6) is 5.75 Å². The quantitative estimate of drug-likeness (QED) is 0.476. The third-order valence-electron chi connectivity index (χ3n) is 4.46. The average Bonchev–Trinajstić information content (AvgIpc) is 2.79. The van der Waals surface area contributed by atoms with Crippen LogP contribution in [0.2, 0.25) is 0 Å². The molecule has 5 heteroatoms. The molecule has 5 nitrogen and oxygen atoms in total. The molecule has 30 heavy (non-hydrogen) atoms. The molecule has 0 heterocycles. The molecule has 3 aromatic carbocycles. The zero-order valence-corrected chi connectivity index (χ0v) is 16.8. The lowest BCUT2D eigenvalue weighted by Crippen LogP contribution is -2.31. The van der Waals surface area contributed by atoms with E-state index in [0.29, 0.717) is 18.8 Å². The van der Waals surface area contributed by atoms with Crippen LogP contribution in [0.3, 0.4) is 0 Å². The van der Waals surface area contributed by atoms with E-state index in [1.54, 1.807) is 17.0 Å². The maximum Gasteiger partial charge on any atom is 0.344 e. The third kappa shape index (κ3) is 7.09. The van der Waals surface area contributed by atoms with Gasteiger partial charge in [-0.3, -0.25) is 4.79 Å². The van der Waals surface area contributed by atoms with Crippen molar-refractivity contribution in [3.63, 3.8) is 0 Å². The van der Waals surface area contributed by atoms with Crippen molar-refractivity contribution in [2.75, 3.05) is 13.2 Å². The second-order valence-electron chi connectivity index (χ2n) is 6.79. The summed E-state index contributed by atoms with van der Waals surface area (Å²) in [7, 11) is 0. The minimum Gasteiger partial charge on any atom is -0.482 e. The summed E-state index contributed by atoms with van der Waals surface area (Å²) in [6.45, 7) is 0.838. The van der Waals surface area contributed by atoms with Gasteiger partial charge in [-0.2, -0.15) is 0 Å². The number of rotatable bonds is 10. The lowest BCUT2D eigenvalue weighted by Gasteiger charge is -2.23. The van der Waals surface area contributed by atoms with Crippen LogP contribution in [0.4, 0.5) is 0 Å². The zero-order valence-electron chi connectivity index (χ0n) is 16.8. The second-order valence-corrected chi connectivity index (χ2v) is 6.79. The average molecular weight is 403 g/mol. The number of ether oxygens (including phenoxy) is 2. The Morgan fingerprint density at radius 3 is 1.73 bits per heavy atom. The van der Waals surface area contributed by atoms with E-state index in [0.717, 1.165) is 11.1 Å². The van der Waals surface area contributed by atoms with Gasteiger partial charge in [0.05, 0.1) is 6.42 Å². The molecule has 0 unspecified atom stereocenters. The van der Waals surface area contributed by atoms with E-state index in [1.807, 2.05) is 78.9 Å². The Morgan fingerprint density at radius 1 is 0.700 bits per heavy atom. The molecule has 0 radical (unpaired) electrons. The van der Waals surface area contributed by atoms with E-state index in [-0.39, 0.29) is 25.5 Å². The highest BCUT2D eigenvalue weighted by atomic mass is 16.6. The number of benzene rings is 3. The summed E-state index contributed by atoms with van der Waals surface area (Å²) in [5, 5.41) is 0. The maximum atomic E-state index is 12.8. The molecule has 3 rings (SSSR count). The van der Waals surface area contributed by atoms with Crippen molar-refractivity contribution in [1.82, 2.24) is 4.90 Å². The fourth-order valence-electron chi connectivity index (χ4n) is 2.95. The fraction of sp³-hybridized carbons (Fsp3) is 0.200. The van der Waals surface area contributed by atoms with E-state index in [1.165, 1.54) is 0 Å². The highest BCUT2D eigenvalue weighted by Crippen LogP contribution is 2.12. The highest BCUT2D eigenvalue weighted by Gasteiger charge is 2.15. The molecule has 0 N–H and O–H groups in total. The summed E-state index contributed by atoms with van der Waals surface area (Å²) in [6, 6.07) is 28.7. The van der Waals surface area contributed by atoms with Gasteiger partial charge in [-0.25, -0.2) is 4.79 Å². The number of amides is 1. The molecule has 0 spiro atoms. The van der Waals surface area contributed by atoms with Gasteiger partial charge in [0.1, 0.15) is 12.4 Å². The summed E-state index contributed by atoms with van der Waals surface area (Å²) in [5.74, 6) is 0.0335. The molecule has 0 aliphatic heterocycles. The maximum absolute atomic E-state index is 12.8. The molecule has 0 aliphatic rings. The predicted octanol–water partition coefficient (Wildman–Crippen LogP) is 4.23. The van der Waals surface area contributed by atoms with Crippen molar-refractivity contribution in [3.05, 3.63) is 102 Å². The number of carbonyl (C=O) groups excluding carboxylic acids is 2. The van der Waals surface area contributed by atoms with E-state index >= 15 is 0 Å². The number of nitrogens with zero attached hydrogens (tertiary/aromatic N) is 1. The van der Waals surface area contributed by atoms with Gasteiger partial charge >= 0.3 is 5.97 Å². The van der Waals surface area contributed by atoms with E-state index in [2.05, 4.69) is 0 Å². The van der Waals surface area contributed by atoms with E-state index < -0.39 is 5.97 Å².